The van der Waals surface area contributed by atoms with E-state index in [9.17, 15) is 23.1 Å². The first-order chi connectivity index (χ1) is 19.2. The van der Waals surface area contributed by atoms with E-state index in [-0.39, 0.29) is 11.3 Å². The van der Waals surface area contributed by atoms with Crippen molar-refractivity contribution in [3.05, 3.63) is 65.9 Å². The molecule has 216 valence electrons. The zero-order valence-electron chi connectivity index (χ0n) is 22.8. The lowest BCUT2D eigenvalue weighted by molar-refractivity contribution is -0.140. The lowest BCUT2D eigenvalue weighted by atomic mass is 9.79. The number of aryl methyl sites for hydroxylation is 1. The highest BCUT2D eigenvalue weighted by Crippen LogP contribution is 2.37. The van der Waals surface area contributed by atoms with Crippen molar-refractivity contribution in [2.45, 2.75) is 56.0 Å². The van der Waals surface area contributed by atoms with Crippen LogP contribution in [-0.4, -0.2) is 53.5 Å². The molecule has 0 amide bonds. The van der Waals surface area contributed by atoms with Gasteiger partial charge in [0.15, 0.2) is 0 Å². The molecule has 2 aromatic carbocycles. The third-order valence-electron chi connectivity index (χ3n) is 7.83. The second-order valence-electron chi connectivity index (χ2n) is 10.5. The lowest BCUT2D eigenvalue weighted by Crippen LogP contribution is -2.41. The molecule has 1 saturated heterocycles. The van der Waals surface area contributed by atoms with E-state index in [1.54, 1.807) is 13.2 Å². The number of ether oxygens (including phenoxy) is 1. The predicted octanol–water partition coefficient (Wildman–Crippen LogP) is 7.57. The number of likely N-dealkylation sites (tertiary alicyclic amines) is 1. The molecule has 40 heavy (non-hydrogen) atoms. The summed E-state index contributed by atoms with van der Waals surface area (Å²) in [5.74, 6) is 1.42. The van der Waals surface area contributed by atoms with Gasteiger partial charge in [0.1, 0.15) is 5.75 Å². The molecule has 0 radical (unpaired) electrons. The number of aromatic nitrogens is 1. The summed E-state index contributed by atoms with van der Waals surface area (Å²) in [7, 11) is 1.66. The Morgan fingerprint density at radius 1 is 1.12 bits per heavy atom. The molecular weight excluding hydrogens is 537 g/mol. The number of halogens is 3. The second kappa shape index (κ2) is 14.2. The number of piperidine rings is 1. The van der Waals surface area contributed by atoms with Crippen molar-refractivity contribution in [3.8, 4) is 5.75 Å². The molecule has 0 spiro atoms. The summed E-state index contributed by atoms with van der Waals surface area (Å²) in [6.07, 6.45) is 3.08. The van der Waals surface area contributed by atoms with Crippen molar-refractivity contribution in [1.82, 2.24) is 9.88 Å². The Balaban J connectivity index is 1.29. The molecule has 0 unspecified atom stereocenters. The number of carbonyl (C=O) groups is 1. The summed E-state index contributed by atoms with van der Waals surface area (Å²) < 4.78 is 45.2. The fourth-order valence-electron chi connectivity index (χ4n) is 5.75. The van der Waals surface area contributed by atoms with Gasteiger partial charge < -0.3 is 14.7 Å². The molecule has 1 aliphatic heterocycles. The van der Waals surface area contributed by atoms with E-state index >= 15 is 0 Å². The molecule has 4 rings (SSSR count). The molecule has 1 aliphatic rings. The van der Waals surface area contributed by atoms with E-state index in [0.717, 1.165) is 74.5 Å². The van der Waals surface area contributed by atoms with Crippen LogP contribution >= 0.6 is 11.8 Å². The number of methoxy groups -OCH3 is 1. The van der Waals surface area contributed by atoms with Gasteiger partial charge >= 0.3 is 12.1 Å². The minimum atomic E-state index is -4.35. The molecule has 2 atom stereocenters. The molecule has 0 aliphatic carbocycles. The molecule has 9 heteroatoms. The number of fused-ring (bicyclic) bond motifs is 1. The number of alkyl halides is 3. The van der Waals surface area contributed by atoms with Crippen LogP contribution in [0.15, 0.2) is 59.6 Å². The van der Waals surface area contributed by atoms with Gasteiger partial charge in [-0.05, 0) is 111 Å². The van der Waals surface area contributed by atoms with Gasteiger partial charge in [0.2, 0.25) is 0 Å². The van der Waals surface area contributed by atoms with Crippen molar-refractivity contribution in [2.75, 3.05) is 32.5 Å². The third kappa shape index (κ3) is 8.36. The summed E-state index contributed by atoms with van der Waals surface area (Å²) in [5.41, 5.74) is 1.62. The van der Waals surface area contributed by atoms with E-state index in [0.29, 0.717) is 24.0 Å². The Kier molecular flexibility index (Phi) is 10.7. The van der Waals surface area contributed by atoms with Crippen LogP contribution in [0, 0.1) is 11.8 Å². The number of rotatable bonds is 13. The summed E-state index contributed by atoms with van der Waals surface area (Å²) in [5, 5.41) is 10.4. The number of benzene rings is 2. The van der Waals surface area contributed by atoms with Gasteiger partial charge in [0, 0.05) is 29.4 Å². The number of thioether (sulfide) groups is 1. The van der Waals surface area contributed by atoms with Crippen molar-refractivity contribution in [2.24, 2.45) is 11.8 Å². The predicted molar refractivity (Wildman–Crippen MR) is 153 cm³/mol. The first kappa shape index (κ1) is 30.2. The highest BCUT2D eigenvalue weighted by Gasteiger charge is 2.33. The zero-order chi connectivity index (χ0) is 28.5. The Hall–Kier alpha value is -2.78. The molecule has 1 aromatic heterocycles. The third-order valence-corrected chi connectivity index (χ3v) is 8.99. The second-order valence-corrected chi connectivity index (χ2v) is 11.6. The molecule has 1 fully saturated rings. The molecule has 5 nitrogen and oxygen atoms in total. The maximum Gasteiger partial charge on any atom is 0.417 e. The van der Waals surface area contributed by atoms with Crippen molar-refractivity contribution in [3.63, 3.8) is 0 Å². The number of hydrogen-bond donors (Lipinski definition) is 1. The van der Waals surface area contributed by atoms with Crippen LogP contribution < -0.4 is 4.74 Å². The topological polar surface area (TPSA) is 62.7 Å². The SMILES string of the molecule is COc1ccc2nccc(CCC[C@@H]3CCN(CCCSc4ccccc4C(F)(F)F)C[C@@H]3CCC(=O)O)c2c1. The number of hydrogen-bond acceptors (Lipinski definition) is 5. The largest absolute Gasteiger partial charge is 0.497 e. The fourth-order valence-corrected chi connectivity index (χ4v) is 6.76. The summed E-state index contributed by atoms with van der Waals surface area (Å²) in [4.78, 5) is 18.4. The van der Waals surface area contributed by atoms with Gasteiger partial charge in [-0.25, -0.2) is 0 Å². The molecule has 0 bridgehead atoms. The van der Waals surface area contributed by atoms with Crippen LogP contribution in [0.3, 0.4) is 0 Å². The van der Waals surface area contributed by atoms with Gasteiger partial charge in [-0.3, -0.25) is 9.78 Å². The maximum absolute atomic E-state index is 13.3. The average molecular weight is 575 g/mol. The van der Waals surface area contributed by atoms with Crippen LogP contribution in [0.25, 0.3) is 10.9 Å². The van der Waals surface area contributed by atoms with Crippen LogP contribution in [-0.2, 0) is 17.4 Å². The Morgan fingerprint density at radius 2 is 1.95 bits per heavy atom. The van der Waals surface area contributed by atoms with Gasteiger partial charge in [0.05, 0.1) is 18.2 Å². The monoisotopic (exact) mass is 574 g/mol. The number of aliphatic carboxylic acids is 1. The maximum atomic E-state index is 13.3. The Morgan fingerprint density at radius 3 is 2.73 bits per heavy atom. The van der Waals surface area contributed by atoms with Crippen LogP contribution in [0.4, 0.5) is 13.2 Å². The molecule has 3 aromatic rings. The van der Waals surface area contributed by atoms with E-state index < -0.39 is 17.7 Å². The van der Waals surface area contributed by atoms with Crippen molar-refractivity contribution >= 4 is 28.6 Å². The van der Waals surface area contributed by atoms with Crippen LogP contribution in [0.5, 0.6) is 5.75 Å². The van der Waals surface area contributed by atoms with Crippen LogP contribution in [0.1, 0.15) is 49.7 Å². The number of nitrogens with zero attached hydrogens (tertiary/aromatic N) is 2. The molecular formula is C31H37F3N2O3S. The highest BCUT2D eigenvalue weighted by atomic mass is 32.2. The molecule has 0 saturated carbocycles. The van der Waals surface area contributed by atoms with Crippen LogP contribution in [0.2, 0.25) is 0 Å². The molecule has 2 heterocycles. The van der Waals surface area contributed by atoms with E-state index in [1.165, 1.54) is 29.5 Å². The highest BCUT2D eigenvalue weighted by molar-refractivity contribution is 7.99. The van der Waals surface area contributed by atoms with E-state index in [1.807, 2.05) is 24.4 Å². The molecule has 1 N–H and O–H groups in total. The minimum Gasteiger partial charge on any atom is -0.497 e. The van der Waals surface area contributed by atoms with Crippen molar-refractivity contribution < 1.29 is 27.8 Å². The zero-order valence-corrected chi connectivity index (χ0v) is 23.6. The average Bonchev–Trinajstić information content (AvgIpc) is 2.94. The summed E-state index contributed by atoms with van der Waals surface area (Å²) >= 11 is 1.25. The van der Waals surface area contributed by atoms with Gasteiger partial charge in [-0.15, -0.1) is 11.8 Å². The Bertz CT molecular complexity index is 1270. The normalized spacial score (nSPS) is 18.2. The number of carboxylic acid groups (broad SMARTS) is 1. The van der Waals surface area contributed by atoms with Gasteiger partial charge in [0.25, 0.3) is 0 Å². The summed E-state index contributed by atoms with van der Waals surface area (Å²) in [6, 6.07) is 13.7. The Labute approximate surface area is 238 Å². The van der Waals surface area contributed by atoms with E-state index in [4.69, 9.17) is 4.74 Å². The lowest BCUT2D eigenvalue weighted by Gasteiger charge is -2.39. The standard InChI is InChI=1S/C31H37F3N2O3S/c1-39-25-11-12-28-26(20-25)23(14-16-35-28)7-4-6-22-15-18-36(21-24(22)10-13-30(37)38)17-5-19-40-29-9-3-2-8-27(29)31(32,33)34/h2-3,8-9,11-12,14,16,20,22,24H,4-7,10,13,15,17-19,21H2,1H3,(H,37,38)/t22-,24+/m1/s1. The van der Waals surface area contributed by atoms with Gasteiger partial charge in [-0.1, -0.05) is 12.1 Å². The van der Waals surface area contributed by atoms with Crippen molar-refractivity contribution in [1.29, 1.82) is 0 Å². The quantitative estimate of drug-likeness (QED) is 0.168. The number of pyridine rings is 1. The smallest absolute Gasteiger partial charge is 0.417 e. The summed E-state index contributed by atoms with van der Waals surface area (Å²) in [6.45, 7) is 2.59. The van der Waals surface area contributed by atoms with Gasteiger partial charge in [-0.2, -0.15) is 13.2 Å². The first-order valence-electron chi connectivity index (χ1n) is 13.9. The van der Waals surface area contributed by atoms with E-state index in [2.05, 4.69) is 16.0 Å². The minimum absolute atomic E-state index is 0.161. The number of carboxylic acids is 1. The first-order valence-corrected chi connectivity index (χ1v) is 14.9. The fraction of sp³-hybridized carbons (Fsp3) is 0.484.